The molecule has 0 radical (unpaired) electrons. The van der Waals surface area contributed by atoms with Gasteiger partial charge in [0.15, 0.2) is 5.78 Å². The van der Waals surface area contributed by atoms with E-state index < -0.39 is 0 Å². The Morgan fingerprint density at radius 2 is 2.06 bits per heavy atom. The Bertz CT molecular complexity index is 860. The number of ketones is 1. The maximum Gasteiger partial charge on any atom is 1.00 e. The Morgan fingerprint density at radius 1 is 1.35 bits per heavy atom. The summed E-state index contributed by atoms with van der Waals surface area (Å²) in [6.07, 6.45) is 9.88. The Morgan fingerprint density at radius 3 is 2.65 bits per heavy atom. The van der Waals surface area contributed by atoms with Crippen LogP contribution in [-0.4, -0.2) is 46.2 Å². The fraction of sp³-hybridized carbons (Fsp3) is 0.375. The fourth-order valence-electron chi connectivity index (χ4n) is 3.18. The minimum absolute atomic E-state index is 0. The average molecular weight is 434 g/mol. The summed E-state index contributed by atoms with van der Waals surface area (Å²) in [5.41, 5.74) is 1.66. The summed E-state index contributed by atoms with van der Waals surface area (Å²) in [6, 6.07) is 7.65. The first kappa shape index (κ1) is 27.3. The van der Waals surface area contributed by atoms with Crippen LogP contribution in [0.5, 0.6) is 0 Å². The molecule has 1 aromatic carbocycles. The van der Waals surface area contributed by atoms with Crippen molar-refractivity contribution in [3.05, 3.63) is 78.6 Å². The zero-order valence-electron chi connectivity index (χ0n) is 18.5. The fourth-order valence-corrected chi connectivity index (χ4v) is 3.41. The van der Waals surface area contributed by atoms with E-state index in [0.29, 0.717) is 17.9 Å². The van der Waals surface area contributed by atoms with E-state index >= 15 is 0 Å². The van der Waals surface area contributed by atoms with Gasteiger partial charge in [-0.2, -0.15) is 6.08 Å². The Hall–Kier alpha value is -1.77. The predicted molar refractivity (Wildman–Crippen MR) is 121 cm³/mol. The van der Waals surface area contributed by atoms with Crippen LogP contribution in [0, 0.1) is 13.8 Å². The van der Waals surface area contributed by atoms with Crippen LogP contribution < -0.4 is 18.9 Å². The normalized spacial score (nSPS) is 14.2. The SMILES string of the molecule is O=[C-]/C=C/CN1CCC1.[CH2-]c1ncc(C(=O)CCCc2ccccc2Cl)n1[C@@H]([CH2-])C.[Li+]. The summed E-state index contributed by atoms with van der Waals surface area (Å²) >= 11 is 6.11. The minimum atomic E-state index is -0.0671. The van der Waals surface area contributed by atoms with Gasteiger partial charge in [0.05, 0.1) is 11.9 Å². The van der Waals surface area contributed by atoms with Gasteiger partial charge < -0.3 is 28.1 Å². The van der Waals surface area contributed by atoms with Crippen LogP contribution in [-0.2, 0) is 11.2 Å². The van der Waals surface area contributed by atoms with E-state index in [-0.39, 0.29) is 30.7 Å². The molecule has 1 aliphatic heterocycles. The number of hydrogen-bond donors (Lipinski definition) is 0. The van der Waals surface area contributed by atoms with Crippen LogP contribution in [0.25, 0.3) is 0 Å². The van der Waals surface area contributed by atoms with E-state index in [2.05, 4.69) is 23.7 Å². The molecule has 5 nitrogen and oxygen atoms in total. The van der Waals surface area contributed by atoms with Crippen molar-refractivity contribution in [2.24, 2.45) is 0 Å². The molecule has 2 aromatic rings. The third-order valence-corrected chi connectivity index (χ3v) is 5.27. The predicted octanol–water partition coefficient (Wildman–Crippen LogP) is 1.68. The second-order valence-corrected chi connectivity index (χ2v) is 7.73. The first-order valence-corrected chi connectivity index (χ1v) is 10.6. The number of carbonyl (C=O) groups is 1. The molecule has 1 aliphatic rings. The van der Waals surface area contributed by atoms with Crippen molar-refractivity contribution in [2.45, 2.75) is 38.6 Å². The first-order chi connectivity index (χ1) is 14.4. The number of carbonyl (C=O) groups excluding carboxylic acids is 2. The average Bonchev–Trinajstić information content (AvgIpc) is 3.08. The number of benzene rings is 1. The van der Waals surface area contributed by atoms with Gasteiger partial charge in [0.1, 0.15) is 0 Å². The third-order valence-electron chi connectivity index (χ3n) is 4.91. The number of halogens is 1. The van der Waals surface area contributed by atoms with E-state index in [9.17, 15) is 9.59 Å². The van der Waals surface area contributed by atoms with Crippen molar-refractivity contribution >= 4 is 23.7 Å². The zero-order valence-corrected chi connectivity index (χ0v) is 19.3. The number of rotatable bonds is 9. The van der Waals surface area contributed by atoms with Gasteiger partial charge in [0.2, 0.25) is 0 Å². The van der Waals surface area contributed by atoms with Crippen molar-refractivity contribution < 1.29 is 28.4 Å². The zero-order chi connectivity index (χ0) is 21.9. The quantitative estimate of drug-likeness (QED) is 0.261. The van der Waals surface area contributed by atoms with Gasteiger partial charge in [-0.25, -0.2) is 6.08 Å². The second kappa shape index (κ2) is 14.3. The van der Waals surface area contributed by atoms with Crippen molar-refractivity contribution in [1.82, 2.24) is 14.5 Å². The van der Waals surface area contributed by atoms with Crippen LogP contribution in [0.1, 0.15) is 54.1 Å². The minimum Gasteiger partial charge on any atom is -0.419 e. The first-order valence-electron chi connectivity index (χ1n) is 10.2. The molecular formula is C24H29ClLiN3O2-2. The van der Waals surface area contributed by atoms with Crippen LogP contribution in [0.2, 0.25) is 5.02 Å². The molecule has 0 unspecified atom stereocenters. The number of imidazole rings is 1. The third kappa shape index (κ3) is 8.71. The van der Waals surface area contributed by atoms with E-state index in [1.54, 1.807) is 17.1 Å². The van der Waals surface area contributed by atoms with Crippen molar-refractivity contribution in [2.75, 3.05) is 19.6 Å². The molecule has 0 N–H and O–H groups in total. The molecule has 31 heavy (non-hydrogen) atoms. The topological polar surface area (TPSA) is 55.2 Å². The maximum absolute atomic E-state index is 12.3. The smallest absolute Gasteiger partial charge is 0.419 e. The molecule has 0 bridgehead atoms. The van der Waals surface area contributed by atoms with Gasteiger partial charge in [-0.1, -0.05) is 42.8 Å². The van der Waals surface area contributed by atoms with E-state index in [1.807, 2.05) is 37.3 Å². The maximum atomic E-state index is 12.3. The molecule has 1 fully saturated rings. The van der Waals surface area contributed by atoms with Gasteiger partial charge in [0, 0.05) is 11.4 Å². The van der Waals surface area contributed by atoms with Crippen molar-refractivity contribution in [3.63, 3.8) is 0 Å². The molecule has 2 heterocycles. The number of hydrogen-bond acceptors (Lipinski definition) is 4. The monoisotopic (exact) mass is 433 g/mol. The van der Waals surface area contributed by atoms with Gasteiger partial charge in [-0.05, 0) is 62.6 Å². The van der Waals surface area contributed by atoms with Crippen LogP contribution in [0.15, 0.2) is 42.6 Å². The molecule has 0 aliphatic carbocycles. The molecule has 0 amide bonds. The summed E-state index contributed by atoms with van der Waals surface area (Å²) in [4.78, 5) is 28.4. The second-order valence-electron chi connectivity index (χ2n) is 7.32. The molecule has 7 heteroatoms. The molecule has 1 atom stereocenters. The standard InChI is InChI=1S/C17H19ClN2O.C7H10NO.Li/c1-12(2)20-13(3)19-11-16(20)17(21)10-6-8-14-7-4-5-9-15(14)18;9-7-2-1-4-8-5-3-6-8;/h4-5,7,9,11-12H,1,3,6,8,10H2,2H3;1-2H,3-6H2;/q-2;-1;+1/b;2-1+;/t12-;;/m0../s1. The summed E-state index contributed by atoms with van der Waals surface area (Å²) < 4.78 is 1.78. The molecule has 3 rings (SSSR count). The number of Topliss-reactive ketones (excluding diaryl/α,β-unsaturated/α-hetero) is 1. The van der Waals surface area contributed by atoms with Crippen molar-refractivity contribution in [3.8, 4) is 0 Å². The van der Waals surface area contributed by atoms with Crippen LogP contribution >= 0.6 is 11.6 Å². The summed E-state index contributed by atoms with van der Waals surface area (Å²) in [7, 11) is 0. The van der Waals surface area contributed by atoms with Crippen LogP contribution in [0.4, 0.5) is 0 Å². The molecule has 1 aromatic heterocycles. The molecule has 0 saturated carbocycles. The van der Waals surface area contributed by atoms with E-state index in [1.165, 1.54) is 25.6 Å². The summed E-state index contributed by atoms with van der Waals surface area (Å²) in [5, 5.41) is 0.751. The molecular weight excluding hydrogens is 405 g/mol. The van der Waals surface area contributed by atoms with Gasteiger partial charge in [-0.15, -0.1) is 0 Å². The van der Waals surface area contributed by atoms with Gasteiger partial charge in [0.25, 0.3) is 0 Å². The van der Waals surface area contributed by atoms with E-state index in [0.717, 1.165) is 30.0 Å². The molecule has 162 valence electrons. The largest absolute Gasteiger partial charge is 1.00 e. The number of aryl methyl sites for hydroxylation is 1. The van der Waals surface area contributed by atoms with Crippen molar-refractivity contribution in [1.29, 1.82) is 0 Å². The Labute approximate surface area is 203 Å². The molecule has 0 spiro atoms. The Kier molecular flexibility index (Phi) is 12.6. The molecule has 1 saturated heterocycles. The number of allylic oxidation sites excluding steroid dienone is 1. The Balaban J connectivity index is 0.000000404. The number of aromatic nitrogens is 2. The summed E-state index contributed by atoms with van der Waals surface area (Å²) in [6.45, 7) is 13.0. The van der Waals surface area contributed by atoms with Gasteiger partial charge in [-0.3, -0.25) is 9.78 Å². The number of likely N-dealkylation sites (tertiary alicyclic amines) is 1. The number of nitrogens with zero attached hydrogens (tertiary/aromatic N) is 3. The van der Waals surface area contributed by atoms with Crippen LogP contribution in [0.3, 0.4) is 0 Å². The van der Waals surface area contributed by atoms with E-state index in [4.69, 9.17) is 11.6 Å². The van der Waals surface area contributed by atoms with Gasteiger partial charge >= 0.3 is 18.9 Å². The summed E-state index contributed by atoms with van der Waals surface area (Å²) in [5.74, 6) is 0.645.